The highest BCUT2D eigenvalue weighted by Crippen LogP contribution is 2.24. The molecule has 5 heteroatoms. The number of rotatable bonds is 8. The van der Waals surface area contributed by atoms with E-state index < -0.39 is 0 Å². The zero-order valence-corrected chi connectivity index (χ0v) is 14.3. The highest BCUT2D eigenvalue weighted by Gasteiger charge is 2.04. The second kappa shape index (κ2) is 8.73. The van der Waals surface area contributed by atoms with Crippen LogP contribution < -0.4 is 10.6 Å². The molecule has 1 aromatic heterocycles. The molecule has 0 radical (unpaired) electrons. The summed E-state index contributed by atoms with van der Waals surface area (Å²) in [6, 6.07) is 5.69. The quantitative estimate of drug-likeness (QED) is 0.666. The lowest BCUT2D eigenvalue weighted by molar-refractivity contribution is 0.252. The van der Waals surface area contributed by atoms with Crippen LogP contribution in [-0.2, 0) is 0 Å². The maximum absolute atomic E-state index is 11.9. The minimum atomic E-state index is -0.130. The Balaban J connectivity index is 1.69. The van der Waals surface area contributed by atoms with Crippen molar-refractivity contribution in [2.24, 2.45) is 0 Å². The zero-order chi connectivity index (χ0) is 15.8. The second-order valence-corrected chi connectivity index (χ2v) is 6.80. The van der Waals surface area contributed by atoms with E-state index in [2.05, 4.69) is 22.5 Å². The van der Waals surface area contributed by atoms with Crippen molar-refractivity contribution in [1.29, 1.82) is 0 Å². The van der Waals surface area contributed by atoms with Gasteiger partial charge in [0.05, 0.1) is 15.2 Å². The Kier molecular flexibility index (Phi) is 6.65. The molecule has 1 aromatic carbocycles. The fourth-order valence-corrected chi connectivity index (χ4v) is 3.27. The first-order chi connectivity index (χ1) is 10.7. The summed E-state index contributed by atoms with van der Waals surface area (Å²) in [6.45, 7) is 4.95. The molecule has 0 saturated carbocycles. The molecule has 120 valence electrons. The number of benzene rings is 1. The second-order valence-electron chi connectivity index (χ2n) is 5.56. The number of nitrogens with one attached hydrogen (secondary N) is 2. The van der Waals surface area contributed by atoms with Crippen LogP contribution in [0.2, 0.25) is 0 Å². The fourth-order valence-electron chi connectivity index (χ4n) is 2.40. The van der Waals surface area contributed by atoms with E-state index >= 15 is 0 Å². The van der Waals surface area contributed by atoms with Gasteiger partial charge in [-0.05, 0) is 31.5 Å². The number of aromatic nitrogens is 1. The standard InChI is InChI=1S/C17H25N3OS/c1-3-4-5-6-7-8-11-18-17(21)20-14-9-10-15-16(12-14)22-13(2)19-15/h9-10,12H,3-8,11H2,1-2H3,(H2,18,20,21). The molecule has 2 N–H and O–H groups in total. The molecule has 2 amide bonds. The number of amides is 2. The first kappa shape index (κ1) is 16.7. The number of hydrogen-bond donors (Lipinski definition) is 2. The van der Waals surface area contributed by atoms with Crippen molar-refractivity contribution in [2.45, 2.75) is 52.4 Å². The van der Waals surface area contributed by atoms with Crippen LogP contribution in [-0.4, -0.2) is 17.6 Å². The van der Waals surface area contributed by atoms with E-state index in [1.807, 2.05) is 25.1 Å². The number of urea groups is 1. The van der Waals surface area contributed by atoms with Gasteiger partial charge in [-0.15, -0.1) is 11.3 Å². The predicted octanol–water partition coefficient (Wildman–Crippen LogP) is 5.09. The van der Waals surface area contributed by atoms with E-state index in [0.29, 0.717) is 0 Å². The summed E-state index contributed by atoms with van der Waals surface area (Å²) in [7, 11) is 0. The molecule has 2 rings (SSSR count). The normalized spacial score (nSPS) is 10.8. The molecule has 0 unspecified atom stereocenters. The Morgan fingerprint density at radius 2 is 1.95 bits per heavy atom. The number of unbranched alkanes of at least 4 members (excludes halogenated alkanes) is 5. The van der Waals surface area contributed by atoms with Crippen LogP contribution in [0.4, 0.5) is 10.5 Å². The van der Waals surface area contributed by atoms with Gasteiger partial charge in [-0.1, -0.05) is 39.0 Å². The van der Waals surface area contributed by atoms with Crippen molar-refractivity contribution >= 4 is 33.3 Å². The lowest BCUT2D eigenvalue weighted by atomic mass is 10.1. The van der Waals surface area contributed by atoms with Crippen molar-refractivity contribution in [1.82, 2.24) is 10.3 Å². The van der Waals surface area contributed by atoms with Gasteiger partial charge in [0.15, 0.2) is 0 Å². The summed E-state index contributed by atoms with van der Waals surface area (Å²) in [4.78, 5) is 16.3. The van der Waals surface area contributed by atoms with Gasteiger partial charge in [0, 0.05) is 12.2 Å². The SMILES string of the molecule is CCCCCCCCNC(=O)Nc1ccc2nc(C)sc2c1. The fraction of sp³-hybridized carbons (Fsp3) is 0.529. The minimum Gasteiger partial charge on any atom is -0.338 e. The number of aryl methyl sites for hydroxylation is 1. The average molecular weight is 319 g/mol. The molecule has 0 atom stereocenters. The molecule has 22 heavy (non-hydrogen) atoms. The average Bonchev–Trinajstić information content (AvgIpc) is 2.85. The van der Waals surface area contributed by atoms with Crippen LogP contribution in [0.25, 0.3) is 10.2 Å². The monoisotopic (exact) mass is 319 g/mol. The lowest BCUT2D eigenvalue weighted by Crippen LogP contribution is -2.29. The number of thiazole rings is 1. The molecular formula is C17H25N3OS. The largest absolute Gasteiger partial charge is 0.338 e. The minimum absolute atomic E-state index is 0.130. The van der Waals surface area contributed by atoms with Gasteiger partial charge >= 0.3 is 6.03 Å². The smallest absolute Gasteiger partial charge is 0.319 e. The number of carbonyl (C=O) groups excluding carboxylic acids is 1. The summed E-state index contributed by atoms with van der Waals surface area (Å²) in [5, 5.41) is 6.84. The molecule has 0 aliphatic carbocycles. The van der Waals surface area contributed by atoms with Gasteiger partial charge in [-0.25, -0.2) is 9.78 Å². The first-order valence-corrected chi connectivity index (χ1v) is 8.92. The van der Waals surface area contributed by atoms with Crippen LogP contribution in [0.1, 0.15) is 50.5 Å². The maximum atomic E-state index is 11.9. The number of anilines is 1. The van der Waals surface area contributed by atoms with Crippen LogP contribution in [0.5, 0.6) is 0 Å². The molecule has 0 saturated heterocycles. The highest BCUT2D eigenvalue weighted by atomic mass is 32.1. The summed E-state index contributed by atoms with van der Waals surface area (Å²) < 4.78 is 1.10. The van der Waals surface area contributed by atoms with Crippen LogP contribution >= 0.6 is 11.3 Å². The third-order valence-electron chi connectivity index (χ3n) is 3.57. The number of carbonyl (C=O) groups is 1. The molecule has 0 fully saturated rings. The Labute approximate surface area is 136 Å². The third kappa shape index (κ3) is 5.30. The molecule has 1 heterocycles. The van der Waals surface area contributed by atoms with Gasteiger partial charge in [-0.2, -0.15) is 0 Å². The Morgan fingerprint density at radius 1 is 1.18 bits per heavy atom. The van der Waals surface area contributed by atoms with Crippen LogP contribution in [0, 0.1) is 6.92 Å². The van der Waals surface area contributed by atoms with Gasteiger partial charge in [0.1, 0.15) is 0 Å². The zero-order valence-electron chi connectivity index (χ0n) is 13.4. The topological polar surface area (TPSA) is 54.0 Å². The lowest BCUT2D eigenvalue weighted by Gasteiger charge is -2.07. The third-order valence-corrected chi connectivity index (χ3v) is 4.50. The molecule has 0 spiro atoms. The van der Waals surface area contributed by atoms with Crippen LogP contribution in [0.15, 0.2) is 18.2 Å². The van der Waals surface area contributed by atoms with E-state index in [1.54, 1.807) is 11.3 Å². The van der Waals surface area contributed by atoms with E-state index in [0.717, 1.165) is 33.9 Å². The van der Waals surface area contributed by atoms with Gasteiger partial charge in [0.25, 0.3) is 0 Å². The van der Waals surface area contributed by atoms with Crippen molar-refractivity contribution in [3.8, 4) is 0 Å². The van der Waals surface area contributed by atoms with E-state index in [9.17, 15) is 4.79 Å². The summed E-state index contributed by atoms with van der Waals surface area (Å²) in [5.74, 6) is 0. The number of fused-ring (bicyclic) bond motifs is 1. The molecule has 0 bridgehead atoms. The van der Waals surface area contributed by atoms with E-state index in [1.165, 1.54) is 32.1 Å². The summed E-state index contributed by atoms with van der Waals surface area (Å²) in [5.41, 5.74) is 1.80. The Hall–Kier alpha value is -1.62. The Morgan fingerprint density at radius 3 is 2.77 bits per heavy atom. The Bertz CT molecular complexity index is 609. The van der Waals surface area contributed by atoms with Crippen molar-refractivity contribution in [2.75, 3.05) is 11.9 Å². The maximum Gasteiger partial charge on any atom is 0.319 e. The van der Waals surface area contributed by atoms with Crippen molar-refractivity contribution < 1.29 is 4.79 Å². The molecule has 4 nitrogen and oxygen atoms in total. The van der Waals surface area contributed by atoms with Crippen molar-refractivity contribution in [3.63, 3.8) is 0 Å². The number of nitrogens with zero attached hydrogens (tertiary/aromatic N) is 1. The highest BCUT2D eigenvalue weighted by molar-refractivity contribution is 7.18. The molecule has 0 aliphatic heterocycles. The first-order valence-electron chi connectivity index (χ1n) is 8.11. The summed E-state index contributed by atoms with van der Waals surface area (Å²) >= 11 is 1.64. The molecule has 2 aromatic rings. The van der Waals surface area contributed by atoms with Gasteiger partial charge in [-0.3, -0.25) is 0 Å². The molecule has 0 aliphatic rings. The van der Waals surface area contributed by atoms with Gasteiger partial charge in [0.2, 0.25) is 0 Å². The van der Waals surface area contributed by atoms with Crippen LogP contribution in [0.3, 0.4) is 0 Å². The summed E-state index contributed by atoms with van der Waals surface area (Å²) in [6.07, 6.45) is 7.38. The molecular weight excluding hydrogens is 294 g/mol. The van der Waals surface area contributed by atoms with Gasteiger partial charge < -0.3 is 10.6 Å². The van der Waals surface area contributed by atoms with Crippen molar-refractivity contribution in [3.05, 3.63) is 23.2 Å². The number of hydrogen-bond acceptors (Lipinski definition) is 3. The van der Waals surface area contributed by atoms with E-state index in [-0.39, 0.29) is 6.03 Å². The van der Waals surface area contributed by atoms with E-state index in [4.69, 9.17) is 0 Å². The predicted molar refractivity (Wildman–Crippen MR) is 94.8 cm³/mol.